The van der Waals surface area contributed by atoms with Crippen molar-refractivity contribution < 1.29 is 54.1 Å². The number of carbonyl (C=O) groups excluding carboxylic acids is 2. The Bertz CT molecular complexity index is 1570. The number of amides is 1. The molecule has 5 atom stereocenters. The van der Waals surface area contributed by atoms with E-state index in [9.17, 15) is 35.1 Å². The Labute approximate surface area is 247 Å². The number of aliphatic hydroxyl groups is 3. The van der Waals surface area contributed by atoms with Crippen LogP contribution in [-0.2, 0) is 19.9 Å². The number of phenols is 2. The van der Waals surface area contributed by atoms with E-state index in [1.54, 1.807) is 12.1 Å². The summed E-state index contributed by atoms with van der Waals surface area (Å²) in [6.07, 6.45) is -5.84. The Morgan fingerprint density at radius 1 is 1.00 bits per heavy atom. The molecule has 0 radical (unpaired) electrons. The molecule has 14 heteroatoms. The molecule has 3 aliphatic heterocycles. The molecule has 42 heavy (non-hydrogen) atoms. The van der Waals surface area contributed by atoms with Crippen molar-refractivity contribution in [2.24, 2.45) is 0 Å². The Morgan fingerprint density at radius 3 is 2.19 bits per heavy atom. The van der Waals surface area contributed by atoms with E-state index in [4.69, 9.17) is 42.1 Å². The van der Waals surface area contributed by atoms with Crippen molar-refractivity contribution in [3.63, 3.8) is 0 Å². The van der Waals surface area contributed by atoms with E-state index in [2.05, 4.69) is 5.32 Å². The molecule has 3 aliphatic rings. The lowest BCUT2D eigenvalue weighted by Gasteiger charge is -2.42. The summed E-state index contributed by atoms with van der Waals surface area (Å²) >= 11 is 12.5. The average Bonchev–Trinajstić information content (AvgIpc) is 3.24. The van der Waals surface area contributed by atoms with E-state index >= 15 is 0 Å². The minimum atomic E-state index is -1.73. The molecule has 1 spiro atoms. The van der Waals surface area contributed by atoms with Crippen molar-refractivity contribution in [3.8, 4) is 28.7 Å². The number of phenolic OH excluding ortho intramolecular Hbond substituents is 2. The predicted octanol–water partition coefficient (Wildman–Crippen LogP) is 2.30. The number of fused-ring (bicyclic) bond motifs is 6. The van der Waals surface area contributed by atoms with Gasteiger partial charge in [-0.1, -0.05) is 35.3 Å². The number of halogens is 2. The Kier molecular flexibility index (Phi) is 6.88. The number of ether oxygens (including phenoxy) is 4. The summed E-state index contributed by atoms with van der Waals surface area (Å²) in [5.74, 6) is -1.90. The molecule has 3 heterocycles. The second-order valence-electron chi connectivity index (χ2n) is 10.0. The predicted molar refractivity (Wildman–Crippen MR) is 144 cm³/mol. The van der Waals surface area contributed by atoms with Crippen LogP contribution in [0.2, 0.25) is 10.0 Å². The van der Waals surface area contributed by atoms with Crippen molar-refractivity contribution >= 4 is 35.1 Å². The van der Waals surface area contributed by atoms with E-state index in [1.165, 1.54) is 37.3 Å². The summed E-state index contributed by atoms with van der Waals surface area (Å²) < 4.78 is 23.7. The largest absolute Gasteiger partial charge is 0.506 e. The summed E-state index contributed by atoms with van der Waals surface area (Å²) in [6.45, 7) is 0.527. The Hall–Kier alpha value is -3.78. The normalized spacial score (nSPS) is 25.1. The first-order valence-electron chi connectivity index (χ1n) is 12.6. The van der Waals surface area contributed by atoms with Crippen molar-refractivity contribution in [1.82, 2.24) is 5.32 Å². The van der Waals surface area contributed by atoms with Crippen molar-refractivity contribution in [2.75, 3.05) is 6.61 Å². The Balaban J connectivity index is 1.52. The van der Waals surface area contributed by atoms with Gasteiger partial charge in [0, 0.05) is 35.7 Å². The van der Waals surface area contributed by atoms with Crippen LogP contribution in [0.15, 0.2) is 42.5 Å². The number of aromatic hydroxyl groups is 2. The lowest BCUT2D eigenvalue weighted by atomic mass is 9.77. The maximum atomic E-state index is 13.7. The highest BCUT2D eigenvalue weighted by molar-refractivity contribution is 6.32. The summed E-state index contributed by atoms with van der Waals surface area (Å²) in [5, 5.41) is 53.7. The van der Waals surface area contributed by atoms with E-state index in [1.807, 2.05) is 0 Å². The highest BCUT2D eigenvalue weighted by Gasteiger charge is 2.56. The standard InChI is InChI=1S/C28H23Cl2NO11/c1-10(33)31-23-25(37)24(36)21(9-32)41-27(23)40-18-4-2-3-11-22(18)26(38)42-28(11)12-5-14(29)16(34)7-19(12)39-20-8-17(35)15(30)6-13(20)28/h2-8,21,23-25,27,32,34-37H,9H2,1H3,(H,31,33)/t21-,23-,24-,25-,27-/m1/s1. The van der Waals surface area contributed by atoms with E-state index in [0.717, 1.165) is 0 Å². The van der Waals surface area contributed by atoms with Gasteiger partial charge < -0.3 is 49.8 Å². The molecule has 0 aromatic heterocycles. The van der Waals surface area contributed by atoms with Crippen LogP contribution in [0.3, 0.4) is 0 Å². The van der Waals surface area contributed by atoms with Crippen LogP contribution in [0.4, 0.5) is 0 Å². The maximum Gasteiger partial charge on any atom is 0.343 e. The van der Waals surface area contributed by atoms with Crippen molar-refractivity contribution in [2.45, 2.75) is 43.2 Å². The summed E-state index contributed by atoms with van der Waals surface area (Å²) in [7, 11) is 0. The van der Waals surface area contributed by atoms with Gasteiger partial charge in [0.15, 0.2) is 5.60 Å². The Morgan fingerprint density at radius 2 is 1.62 bits per heavy atom. The van der Waals surface area contributed by atoms with Crippen LogP contribution in [0, 0.1) is 0 Å². The lowest BCUT2D eigenvalue weighted by Crippen LogP contribution is -2.65. The van der Waals surface area contributed by atoms with Gasteiger partial charge in [0.25, 0.3) is 0 Å². The quantitative estimate of drug-likeness (QED) is 0.235. The molecule has 0 bridgehead atoms. The third kappa shape index (κ3) is 4.22. The minimum absolute atomic E-state index is 0.0571. The van der Waals surface area contributed by atoms with Crippen molar-refractivity contribution in [3.05, 3.63) is 74.8 Å². The van der Waals surface area contributed by atoms with Crippen LogP contribution < -0.4 is 14.8 Å². The zero-order chi connectivity index (χ0) is 30.1. The molecule has 220 valence electrons. The van der Waals surface area contributed by atoms with Crippen molar-refractivity contribution in [1.29, 1.82) is 0 Å². The summed E-state index contributed by atoms with van der Waals surface area (Å²) in [5.41, 5.74) is -1.04. The molecule has 1 fully saturated rings. The third-order valence-corrected chi connectivity index (χ3v) is 8.03. The molecule has 0 unspecified atom stereocenters. The number of aliphatic hydroxyl groups excluding tert-OH is 3. The first-order valence-corrected chi connectivity index (χ1v) is 13.4. The van der Waals surface area contributed by atoms with Gasteiger partial charge in [0.2, 0.25) is 12.2 Å². The van der Waals surface area contributed by atoms with Gasteiger partial charge in [-0.15, -0.1) is 0 Å². The number of nitrogens with one attached hydrogen (secondary N) is 1. The van der Waals surface area contributed by atoms with Crippen LogP contribution in [0.1, 0.15) is 34.0 Å². The SMILES string of the molecule is CC(=O)N[C@H]1[C@H](Oc2cccc3c2C(=O)OC32c3cc(Cl)c(O)cc3Oc3cc(O)c(Cl)cc32)O[C@H](CO)[C@@H](O)[C@@H]1O. The van der Waals surface area contributed by atoms with E-state index in [0.29, 0.717) is 0 Å². The van der Waals surface area contributed by atoms with Gasteiger partial charge in [-0.05, 0) is 18.2 Å². The van der Waals surface area contributed by atoms with Gasteiger partial charge >= 0.3 is 5.97 Å². The molecule has 0 aliphatic carbocycles. The first-order chi connectivity index (χ1) is 20.0. The zero-order valence-electron chi connectivity index (χ0n) is 21.6. The number of hydrogen-bond donors (Lipinski definition) is 6. The van der Waals surface area contributed by atoms with Gasteiger partial charge in [-0.2, -0.15) is 0 Å². The fourth-order valence-electron chi connectivity index (χ4n) is 5.54. The minimum Gasteiger partial charge on any atom is -0.506 e. The second-order valence-corrected chi connectivity index (χ2v) is 10.8. The van der Waals surface area contributed by atoms with Crippen LogP contribution in [0.25, 0.3) is 0 Å². The fourth-order valence-corrected chi connectivity index (χ4v) is 5.87. The topological polar surface area (TPSA) is 184 Å². The number of esters is 1. The molecule has 12 nitrogen and oxygen atoms in total. The monoisotopic (exact) mass is 619 g/mol. The van der Waals surface area contributed by atoms with E-state index in [-0.39, 0.29) is 61.0 Å². The van der Waals surface area contributed by atoms with Gasteiger partial charge in [-0.25, -0.2) is 4.79 Å². The van der Waals surface area contributed by atoms with Crippen LogP contribution >= 0.6 is 23.2 Å². The molecule has 1 amide bonds. The average molecular weight is 620 g/mol. The molecular formula is C28H23Cl2NO11. The molecule has 3 aromatic carbocycles. The molecule has 6 N–H and O–H groups in total. The zero-order valence-corrected chi connectivity index (χ0v) is 23.1. The number of hydrogen-bond acceptors (Lipinski definition) is 11. The highest BCUT2D eigenvalue weighted by atomic mass is 35.5. The van der Waals surface area contributed by atoms with Gasteiger partial charge in [0.1, 0.15) is 58.7 Å². The molecule has 3 aromatic rings. The molecule has 0 saturated carbocycles. The number of benzene rings is 3. The van der Waals surface area contributed by atoms with Gasteiger partial charge in [0.05, 0.1) is 16.7 Å². The molecule has 6 rings (SSSR count). The van der Waals surface area contributed by atoms with Gasteiger partial charge in [-0.3, -0.25) is 4.79 Å². The maximum absolute atomic E-state index is 13.7. The third-order valence-electron chi connectivity index (χ3n) is 7.43. The highest BCUT2D eigenvalue weighted by Crippen LogP contribution is 2.59. The van der Waals surface area contributed by atoms with E-state index < -0.39 is 54.7 Å². The number of carbonyl (C=O) groups is 2. The van der Waals surface area contributed by atoms with Crippen LogP contribution in [0.5, 0.6) is 28.7 Å². The van der Waals surface area contributed by atoms with Crippen LogP contribution in [-0.4, -0.2) is 74.7 Å². The lowest BCUT2D eigenvalue weighted by molar-refractivity contribution is -0.244. The second kappa shape index (κ2) is 10.2. The number of rotatable bonds is 4. The molecule has 1 saturated heterocycles. The summed E-state index contributed by atoms with van der Waals surface area (Å²) in [6, 6.07) is 8.56. The smallest absolute Gasteiger partial charge is 0.343 e. The summed E-state index contributed by atoms with van der Waals surface area (Å²) in [4.78, 5) is 25.6. The first kappa shape index (κ1) is 28.3. The molecular weight excluding hydrogens is 597 g/mol. The fraction of sp³-hybridized carbons (Fsp3) is 0.286.